The molecule has 0 N–H and O–H groups in total. The Morgan fingerprint density at radius 3 is 0.891 bits per heavy atom. The van der Waals surface area contributed by atoms with Crippen molar-refractivity contribution in [3.63, 3.8) is 0 Å². The molecule has 46 heavy (non-hydrogen) atoms. The van der Waals surface area contributed by atoms with Gasteiger partial charge in [0.25, 0.3) is 0 Å². The average Bonchev–Trinajstić information content (AvgIpc) is 3.87. The standard InChI is InChI=1S/C42H27NS3/c1-4-10-40-34(7-1)37(25-44-40)28-13-19-31(20-14-28)43(32-21-15-29(16-22-32)38-26-45-41-11-5-2-8-35(38)41)33-23-17-30(18-24-33)39-27-46-42-12-6-3-9-36(39)42/h1-27H. The summed E-state index contributed by atoms with van der Waals surface area (Å²) in [6.07, 6.45) is 0. The number of rotatable bonds is 6. The van der Waals surface area contributed by atoms with Crippen LogP contribution in [0.2, 0.25) is 0 Å². The van der Waals surface area contributed by atoms with Crippen LogP contribution in [-0.4, -0.2) is 0 Å². The summed E-state index contributed by atoms with van der Waals surface area (Å²) in [4.78, 5) is 2.36. The van der Waals surface area contributed by atoms with E-state index in [9.17, 15) is 0 Å². The van der Waals surface area contributed by atoms with Gasteiger partial charge in [0.05, 0.1) is 0 Å². The second kappa shape index (κ2) is 11.4. The van der Waals surface area contributed by atoms with E-state index in [0.717, 1.165) is 17.1 Å². The first-order valence-electron chi connectivity index (χ1n) is 15.3. The second-order valence-corrected chi connectivity index (χ2v) is 14.1. The molecule has 0 atom stereocenters. The number of thiophene rings is 3. The van der Waals surface area contributed by atoms with Gasteiger partial charge >= 0.3 is 0 Å². The quantitative estimate of drug-likeness (QED) is 0.175. The van der Waals surface area contributed by atoms with Crippen LogP contribution in [0.15, 0.2) is 162 Å². The molecule has 3 aromatic heterocycles. The van der Waals surface area contributed by atoms with Crippen molar-refractivity contribution < 1.29 is 0 Å². The fourth-order valence-electron chi connectivity index (χ4n) is 6.42. The zero-order valence-electron chi connectivity index (χ0n) is 24.8. The Labute approximate surface area is 279 Å². The summed E-state index contributed by atoms with van der Waals surface area (Å²) < 4.78 is 3.96. The van der Waals surface area contributed by atoms with Gasteiger partial charge < -0.3 is 4.90 Å². The minimum atomic E-state index is 1.13. The Morgan fingerprint density at radius 1 is 0.304 bits per heavy atom. The Balaban J connectivity index is 1.11. The van der Waals surface area contributed by atoms with Gasteiger partial charge in [-0.05, 0) is 87.4 Å². The molecular formula is C42H27NS3. The van der Waals surface area contributed by atoms with Crippen molar-refractivity contribution in [2.75, 3.05) is 4.90 Å². The zero-order chi connectivity index (χ0) is 30.5. The number of hydrogen-bond acceptors (Lipinski definition) is 4. The summed E-state index contributed by atoms with van der Waals surface area (Å²) in [7, 11) is 0. The average molecular weight is 642 g/mol. The summed E-state index contributed by atoms with van der Waals surface area (Å²) >= 11 is 5.42. The number of hydrogen-bond donors (Lipinski definition) is 0. The van der Waals surface area contributed by atoms with Crippen molar-refractivity contribution in [1.29, 1.82) is 0 Å². The lowest BCUT2D eigenvalue weighted by Gasteiger charge is -2.26. The van der Waals surface area contributed by atoms with Crippen LogP contribution in [0.1, 0.15) is 0 Å². The van der Waals surface area contributed by atoms with Crippen LogP contribution in [0.4, 0.5) is 17.1 Å². The topological polar surface area (TPSA) is 3.24 Å². The second-order valence-electron chi connectivity index (χ2n) is 11.4. The summed E-state index contributed by atoms with van der Waals surface area (Å²) in [6.45, 7) is 0. The van der Waals surface area contributed by atoms with Gasteiger partial charge in [0, 0.05) is 64.0 Å². The molecule has 0 bridgehead atoms. The molecule has 1 nitrogen and oxygen atoms in total. The van der Waals surface area contributed by atoms with Crippen molar-refractivity contribution >= 4 is 81.3 Å². The molecule has 0 saturated heterocycles. The normalized spacial score (nSPS) is 11.5. The minimum Gasteiger partial charge on any atom is -0.311 e. The third kappa shape index (κ3) is 4.74. The highest BCUT2D eigenvalue weighted by molar-refractivity contribution is 7.18. The minimum absolute atomic E-state index is 1.13. The van der Waals surface area contributed by atoms with Crippen molar-refractivity contribution in [3.8, 4) is 33.4 Å². The molecule has 218 valence electrons. The maximum absolute atomic E-state index is 2.36. The molecule has 4 heteroatoms. The van der Waals surface area contributed by atoms with Gasteiger partial charge in [-0.1, -0.05) is 91.0 Å². The van der Waals surface area contributed by atoms with E-state index in [1.807, 2.05) is 0 Å². The predicted molar refractivity (Wildman–Crippen MR) is 204 cm³/mol. The highest BCUT2D eigenvalue weighted by Crippen LogP contribution is 2.41. The summed E-state index contributed by atoms with van der Waals surface area (Å²) in [5.41, 5.74) is 11.0. The van der Waals surface area contributed by atoms with E-state index in [1.54, 1.807) is 34.0 Å². The van der Waals surface area contributed by atoms with Crippen LogP contribution in [0.3, 0.4) is 0 Å². The van der Waals surface area contributed by atoms with Gasteiger partial charge in [0.15, 0.2) is 0 Å². The summed E-state index contributed by atoms with van der Waals surface area (Å²) in [5, 5.41) is 10.8. The largest absolute Gasteiger partial charge is 0.311 e. The molecule has 0 radical (unpaired) electrons. The molecule has 9 aromatic rings. The first-order chi connectivity index (χ1) is 22.8. The first kappa shape index (κ1) is 27.3. The van der Waals surface area contributed by atoms with Crippen LogP contribution < -0.4 is 4.90 Å². The maximum Gasteiger partial charge on any atom is 0.0462 e. The smallest absolute Gasteiger partial charge is 0.0462 e. The van der Waals surface area contributed by atoms with Crippen LogP contribution in [0.5, 0.6) is 0 Å². The van der Waals surface area contributed by atoms with E-state index < -0.39 is 0 Å². The highest BCUT2D eigenvalue weighted by Gasteiger charge is 2.16. The Kier molecular flexibility index (Phi) is 6.78. The maximum atomic E-state index is 2.36. The van der Waals surface area contributed by atoms with E-state index in [4.69, 9.17) is 0 Å². The molecule has 9 rings (SSSR count). The SMILES string of the molecule is c1ccc2c(-c3ccc(N(c4ccc(-c5csc6ccccc56)cc4)c4ccc(-c5csc6ccccc56)cc4)cc3)csc2c1. The summed E-state index contributed by atoms with van der Waals surface area (Å²) in [5.74, 6) is 0. The van der Waals surface area contributed by atoms with Crippen molar-refractivity contribution in [2.24, 2.45) is 0 Å². The number of benzene rings is 6. The lowest BCUT2D eigenvalue weighted by Crippen LogP contribution is -2.09. The number of anilines is 3. The Morgan fingerprint density at radius 2 is 0.587 bits per heavy atom. The molecule has 0 spiro atoms. The molecule has 0 amide bonds. The molecular weight excluding hydrogens is 615 g/mol. The van der Waals surface area contributed by atoms with Gasteiger partial charge in [0.2, 0.25) is 0 Å². The van der Waals surface area contributed by atoms with Gasteiger partial charge in [0.1, 0.15) is 0 Å². The van der Waals surface area contributed by atoms with Crippen LogP contribution >= 0.6 is 34.0 Å². The lowest BCUT2D eigenvalue weighted by molar-refractivity contribution is 1.28. The van der Waals surface area contributed by atoms with Crippen LogP contribution in [-0.2, 0) is 0 Å². The van der Waals surface area contributed by atoms with E-state index >= 15 is 0 Å². The lowest BCUT2D eigenvalue weighted by atomic mass is 10.0. The van der Waals surface area contributed by atoms with Crippen molar-refractivity contribution in [3.05, 3.63) is 162 Å². The third-order valence-electron chi connectivity index (χ3n) is 8.75. The number of fused-ring (bicyclic) bond motifs is 3. The van der Waals surface area contributed by atoms with Crippen molar-refractivity contribution in [2.45, 2.75) is 0 Å². The first-order valence-corrected chi connectivity index (χ1v) is 17.9. The molecule has 0 aliphatic heterocycles. The Bertz CT molecular complexity index is 2180. The van der Waals surface area contributed by atoms with E-state index in [1.165, 1.54) is 63.6 Å². The molecule has 0 fully saturated rings. The van der Waals surface area contributed by atoms with Crippen molar-refractivity contribution in [1.82, 2.24) is 0 Å². The molecule has 0 aliphatic rings. The molecule has 3 heterocycles. The predicted octanol–water partition coefficient (Wildman–Crippen LogP) is 13.8. The highest BCUT2D eigenvalue weighted by atomic mass is 32.1. The van der Waals surface area contributed by atoms with Crippen LogP contribution in [0.25, 0.3) is 63.6 Å². The molecule has 6 aromatic carbocycles. The number of nitrogens with zero attached hydrogens (tertiary/aromatic N) is 1. The third-order valence-corrected chi connectivity index (χ3v) is 11.6. The monoisotopic (exact) mass is 641 g/mol. The zero-order valence-corrected chi connectivity index (χ0v) is 27.2. The Hall–Kier alpha value is -5.00. The fraction of sp³-hybridized carbons (Fsp3) is 0. The molecule has 0 saturated carbocycles. The fourth-order valence-corrected chi connectivity index (χ4v) is 9.33. The van der Waals surface area contributed by atoms with E-state index in [-0.39, 0.29) is 0 Å². The van der Waals surface area contributed by atoms with Gasteiger partial charge in [-0.25, -0.2) is 0 Å². The van der Waals surface area contributed by atoms with Gasteiger partial charge in [-0.3, -0.25) is 0 Å². The summed E-state index contributed by atoms with van der Waals surface area (Å²) in [6, 6.07) is 53.0. The van der Waals surface area contributed by atoms with Gasteiger partial charge in [-0.15, -0.1) is 34.0 Å². The van der Waals surface area contributed by atoms with Gasteiger partial charge in [-0.2, -0.15) is 0 Å². The molecule has 0 aliphatic carbocycles. The van der Waals surface area contributed by atoms with E-state index in [2.05, 4.69) is 167 Å². The van der Waals surface area contributed by atoms with Crippen LogP contribution in [0, 0.1) is 0 Å². The molecule has 0 unspecified atom stereocenters. The van der Waals surface area contributed by atoms with E-state index in [0.29, 0.717) is 0 Å².